The monoisotopic (exact) mass is 322 g/mol. The molecule has 4 nitrogen and oxygen atoms in total. The highest BCUT2D eigenvalue weighted by Gasteiger charge is 2.38. The number of esters is 1. The lowest BCUT2D eigenvalue weighted by molar-refractivity contribution is -0.145. The molecule has 0 aromatic heterocycles. The van der Waals surface area contributed by atoms with E-state index < -0.39 is 0 Å². The van der Waals surface area contributed by atoms with Crippen LogP contribution >= 0.6 is 0 Å². The molecule has 0 amide bonds. The average Bonchev–Trinajstić information content (AvgIpc) is 3.15. The molecule has 2 heterocycles. The van der Waals surface area contributed by atoms with E-state index in [1.54, 1.807) is 0 Å². The van der Waals surface area contributed by atoms with Crippen molar-refractivity contribution in [3.05, 3.63) is 0 Å². The Hall–Kier alpha value is -0.610. The Bertz CT molecular complexity index is 388. The summed E-state index contributed by atoms with van der Waals surface area (Å²) in [6, 6.07) is 1.31. The van der Waals surface area contributed by atoms with Crippen LogP contribution in [0.5, 0.6) is 0 Å². The van der Waals surface area contributed by atoms with E-state index in [1.807, 2.05) is 0 Å². The van der Waals surface area contributed by atoms with Gasteiger partial charge >= 0.3 is 5.97 Å². The summed E-state index contributed by atoms with van der Waals surface area (Å²) in [4.78, 5) is 13.8. The number of carbonyl (C=O) groups excluding carboxylic acids is 1. The minimum Gasteiger partial charge on any atom is -0.461 e. The van der Waals surface area contributed by atoms with Gasteiger partial charge in [0, 0.05) is 38.5 Å². The van der Waals surface area contributed by atoms with Crippen molar-refractivity contribution >= 4 is 5.97 Å². The smallest absolute Gasteiger partial charge is 0.302 e. The Labute approximate surface area is 141 Å². The molecule has 0 spiro atoms. The number of rotatable bonds is 1. The van der Waals surface area contributed by atoms with Crippen molar-refractivity contribution in [1.29, 1.82) is 0 Å². The zero-order chi connectivity index (χ0) is 16.1. The molecular formula is C19H34N2O2. The van der Waals surface area contributed by atoms with Gasteiger partial charge < -0.3 is 10.1 Å². The molecule has 3 rings (SSSR count). The molecule has 4 heteroatoms. The van der Waals surface area contributed by atoms with Gasteiger partial charge in [0.05, 0.1) is 0 Å². The highest BCUT2D eigenvalue weighted by Crippen LogP contribution is 2.35. The molecular weight excluding hydrogens is 288 g/mol. The topological polar surface area (TPSA) is 41.6 Å². The fraction of sp³-hybridized carbons (Fsp3) is 0.947. The molecule has 132 valence electrons. The van der Waals surface area contributed by atoms with E-state index in [1.165, 1.54) is 64.7 Å². The molecule has 2 aliphatic heterocycles. The van der Waals surface area contributed by atoms with Gasteiger partial charge in [0.2, 0.25) is 0 Å². The Balaban J connectivity index is 1.51. The van der Waals surface area contributed by atoms with Crippen LogP contribution in [0.25, 0.3) is 0 Å². The minimum absolute atomic E-state index is 0.105. The molecule has 1 aliphatic carbocycles. The number of ether oxygens (including phenoxy) is 1. The van der Waals surface area contributed by atoms with Gasteiger partial charge in [0.25, 0.3) is 0 Å². The number of nitrogens with one attached hydrogen (secondary N) is 1. The number of fused-ring (bicyclic) bond motifs is 2. The Morgan fingerprint density at radius 1 is 1.04 bits per heavy atom. The van der Waals surface area contributed by atoms with Crippen molar-refractivity contribution in [2.75, 3.05) is 19.6 Å². The molecule has 0 radical (unpaired) electrons. The highest BCUT2D eigenvalue weighted by molar-refractivity contribution is 5.66. The molecule has 3 aliphatic rings. The van der Waals surface area contributed by atoms with Crippen molar-refractivity contribution in [3.63, 3.8) is 0 Å². The third-order valence-electron chi connectivity index (χ3n) is 5.88. The largest absolute Gasteiger partial charge is 0.461 e. The van der Waals surface area contributed by atoms with E-state index in [0.717, 1.165) is 38.0 Å². The first-order valence-electron chi connectivity index (χ1n) is 9.87. The molecule has 1 saturated carbocycles. The second-order valence-electron chi connectivity index (χ2n) is 7.89. The maximum atomic E-state index is 11.3. The summed E-state index contributed by atoms with van der Waals surface area (Å²) in [7, 11) is 0. The average molecular weight is 322 g/mol. The predicted octanol–water partition coefficient (Wildman–Crippen LogP) is 3.10. The van der Waals surface area contributed by atoms with E-state index in [2.05, 4.69) is 10.2 Å². The molecule has 3 fully saturated rings. The van der Waals surface area contributed by atoms with Crippen molar-refractivity contribution in [3.8, 4) is 0 Å². The summed E-state index contributed by atoms with van der Waals surface area (Å²) >= 11 is 0. The molecule has 0 aromatic rings. The molecule has 2 saturated heterocycles. The Kier molecular flexibility index (Phi) is 6.35. The molecule has 1 N–H and O–H groups in total. The lowest BCUT2D eigenvalue weighted by atomic mass is 10.1. The van der Waals surface area contributed by atoms with Crippen LogP contribution in [0, 0.1) is 5.92 Å². The Morgan fingerprint density at radius 2 is 1.78 bits per heavy atom. The predicted molar refractivity (Wildman–Crippen MR) is 92.4 cm³/mol. The third kappa shape index (κ3) is 5.46. The van der Waals surface area contributed by atoms with Crippen LogP contribution in [0.15, 0.2) is 0 Å². The van der Waals surface area contributed by atoms with Crippen LogP contribution in [0.4, 0.5) is 0 Å². The SMILES string of the molecule is CC(=O)OC1CC2CNC3CC3CCCCCCCCCN2C1. The first-order chi connectivity index (χ1) is 11.2. The van der Waals surface area contributed by atoms with Gasteiger partial charge in [-0.15, -0.1) is 0 Å². The van der Waals surface area contributed by atoms with Gasteiger partial charge in [-0.3, -0.25) is 9.69 Å². The maximum absolute atomic E-state index is 11.3. The molecule has 23 heavy (non-hydrogen) atoms. The number of carbonyl (C=O) groups is 1. The summed E-state index contributed by atoms with van der Waals surface area (Å²) < 4.78 is 5.48. The van der Waals surface area contributed by atoms with Crippen molar-refractivity contribution in [2.24, 2.45) is 5.92 Å². The van der Waals surface area contributed by atoms with Crippen LogP contribution in [-0.4, -0.2) is 48.7 Å². The van der Waals surface area contributed by atoms with Crippen molar-refractivity contribution in [2.45, 2.75) is 89.3 Å². The lowest BCUT2D eigenvalue weighted by Gasteiger charge is -2.24. The lowest BCUT2D eigenvalue weighted by Crippen LogP contribution is -2.39. The molecule has 0 aromatic carbocycles. The number of hydrogen-bond acceptors (Lipinski definition) is 4. The normalized spacial score (nSPS) is 37.1. The summed E-state index contributed by atoms with van der Waals surface area (Å²) in [5.74, 6) is 0.798. The van der Waals surface area contributed by atoms with E-state index in [4.69, 9.17) is 4.74 Å². The molecule has 4 unspecified atom stereocenters. The van der Waals surface area contributed by atoms with Crippen LogP contribution in [0.1, 0.15) is 71.1 Å². The first-order valence-corrected chi connectivity index (χ1v) is 9.87. The highest BCUT2D eigenvalue weighted by atomic mass is 16.5. The second kappa shape index (κ2) is 8.48. The fourth-order valence-corrected chi connectivity index (χ4v) is 4.45. The van der Waals surface area contributed by atoms with Crippen LogP contribution < -0.4 is 5.32 Å². The third-order valence-corrected chi connectivity index (χ3v) is 5.88. The summed E-state index contributed by atoms with van der Waals surface area (Å²) in [6.45, 7) is 4.69. The second-order valence-corrected chi connectivity index (χ2v) is 7.89. The molecule has 4 atom stereocenters. The molecule has 0 bridgehead atoms. The van der Waals surface area contributed by atoms with Crippen molar-refractivity contribution in [1.82, 2.24) is 10.2 Å². The minimum atomic E-state index is -0.132. The van der Waals surface area contributed by atoms with Crippen LogP contribution in [0.3, 0.4) is 0 Å². The van der Waals surface area contributed by atoms with Crippen molar-refractivity contribution < 1.29 is 9.53 Å². The van der Waals surface area contributed by atoms with Gasteiger partial charge in [0.1, 0.15) is 6.10 Å². The fourth-order valence-electron chi connectivity index (χ4n) is 4.45. The van der Waals surface area contributed by atoms with Gasteiger partial charge in [-0.2, -0.15) is 0 Å². The van der Waals surface area contributed by atoms with E-state index >= 15 is 0 Å². The van der Waals surface area contributed by atoms with E-state index in [0.29, 0.717) is 6.04 Å². The zero-order valence-electron chi connectivity index (χ0n) is 14.8. The summed E-state index contributed by atoms with van der Waals surface area (Å²) in [5.41, 5.74) is 0. The number of nitrogens with zero attached hydrogens (tertiary/aromatic N) is 1. The number of hydrogen-bond donors (Lipinski definition) is 1. The van der Waals surface area contributed by atoms with Gasteiger partial charge in [-0.05, 0) is 31.7 Å². The zero-order valence-corrected chi connectivity index (χ0v) is 14.8. The van der Waals surface area contributed by atoms with Crippen LogP contribution in [-0.2, 0) is 9.53 Å². The van der Waals surface area contributed by atoms with Gasteiger partial charge in [0.15, 0.2) is 0 Å². The maximum Gasteiger partial charge on any atom is 0.302 e. The quantitative estimate of drug-likeness (QED) is 0.753. The van der Waals surface area contributed by atoms with E-state index in [9.17, 15) is 4.79 Å². The van der Waals surface area contributed by atoms with E-state index in [-0.39, 0.29) is 12.1 Å². The first kappa shape index (κ1) is 17.2. The van der Waals surface area contributed by atoms with Gasteiger partial charge in [-0.1, -0.05) is 38.5 Å². The summed E-state index contributed by atoms with van der Waals surface area (Å²) in [6.07, 6.45) is 13.6. The summed E-state index contributed by atoms with van der Waals surface area (Å²) in [5, 5.41) is 3.79. The van der Waals surface area contributed by atoms with Gasteiger partial charge in [-0.25, -0.2) is 0 Å². The van der Waals surface area contributed by atoms with Crippen LogP contribution in [0.2, 0.25) is 0 Å². The Morgan fingerprint density at radius 3 is 2.57 bits per heavy atom. The standard InChI is InChI=1S/C19H34N2O2/c1-15(22)23-18-12-17-13-20-19-11-16(19)9-7-5-3-2-4-6-8-10-21(17)14-18/h16-20H,2-14H2,1H3.